The minimum absolute atomic E-state index is 0.00998. The topological polar surface area (TPSA) is 94.8 Å². The highest BCUT2D eigenvalue weighted by Crippen LogP contribution is 2.70. The molecule has 0 unspecified atom stereocenters. The Balaban J connectivity index is 1.82. The molecule has 0 bridgehead atoms. The van der Waals surface area contributed by atoms with Crippen LogP contribution in [0.4, 0.5) is 4.39 Å². The molecule has 0 amide bonds. The summed E-state index contributed by atoms with van der Waals surface area (Å²) in [5, 5.41) is 31.4. The van der Waals surface area contributed by atoms with Crippen molar-refractivity contribution in [1.82, 2.24) is 0 Å². The minimum Gasteiger partial charge on any atom is -0.479 e. The zero-order valence-electron chi connectivity index (χ0n) is 15.3. The van der Waals surface area contributed by atoms with Gasteiger partial charge in [0, 0.05) is 23.2 Å². The average Bonchev–Trinajstić information content (AvgIpc) is 2.83. The average molecular weight is 366 g/mol. The van der Waals surface area contributed by atoms with Crippen LogP contribution in [0.25, 0.3) is 0 Å². The fourth-order valence-electron chi connectivity index (χ4n) is 6.93. The van der Waals surface area contributed by atoms with Gasteiger partial charge >= 0.3 is 5.97 Å². The molecule has 0 saturated heterocycles. The standard InChI is InChI=1S/C20H27FO5/c1-17-7-5-12(22)9-11(17)3-4-14-13-6-8-19(26,16(24)25)18(13,2)10-15(23)20(14,17)21/h9,13-15,23,26H,3-8,10H2,1-2H3,(H,24,25)/t13-,14-,15-,17-,18-,19-,20-/m0/s1. The van der Waals surface area contributed by atoms with Gasteiger partial charge in [0.1, 0.15) is 5.67 Å². The lowest BCUT2D eigenvalue weighted by atomic mass is 9.44. The van der Waals surface area contributed by atoms with Gasteiger partial charge in [0.05, 0.1) is 6.10 Å². The number of allylic oxidation sites excluding steroid dienone is 1. The number of hydrogen-bond donors (Lipinski definition) is 3. The third-order valence-corrected chi connectivity index (χ3v) is 8.55. The molecule has 4 aliphatic rings. The van der Waals surface area contributed by atoms with E-state index >= 15 is 4.39 Å². The van der Waals surface area contributed by atoms with Crippen molar-refractivity contribution in [2.24, 2.45) is 22.7 Å². The second-order valence-corrected chi connectivity index (χ2v) is 9.33. The number of aliphatic hydroxyl groups is 2. The summed E-state index contributed by atoms with van der Waals surface area (Å²) in [6.07, 6.45) is 2.34. The highest BCUT2D eigenvalue weighted by atomic mass is 19.1. The predicted octanol–water partition coefficient (Wildman–Crippen LogP) is 2.40. The van der Waals surface area contributed by atoms with E-state index in [2.05, 4.69) is 0 Å². The molecule has 144 valence electrons. The summed E-state index contributed by atoms with van der Waals surface area (Å²) in [7, 11) is 0. The molecule has 0 aromatic carbocycles. The Morgan fingerprint density at radius 1 is 1.19 bits per heavy atom. The third kappa shape index (κ3) is 1.82. The van der Waals surface area contributed by atoms with Crippen molar-refractivity contribution in [1.29, 1.82) is 0 Å². The Kier molecular flexibility index (Phi) is 3.60. The van der Waals surface area contributed by atoms with Crippen LogP contribution in [0.3, 0.4) is 0 Å². The van der Waals surface area contributed by atoms with Gasteiger partial charge in [-0.15, -0.1) is 0 Å². The first-order valence-electron chi connectivity index (χ1n) is 9.57. The van der Waals surface area contributed by atoms with Crippen LogP contribution in [0.1, 0.15) is 58.8 Å². The van der Waals surface area contributed by atoms with Crippen molar-refractivity contribution < 1.29 is 29.3 Å². The number of carbonyl (C=O) groups excluding carboxylic acids is 1. The van der Waals surface area contributed by atoms with E-state index in [1.54, 1.807) is 13.0 Å². The fourth-order valence-corrected chi connectivity index (χ4v) is 6.93. The van der Waals surface area contributed by atoms with Gasteiger partial charge in [-0.2, -0.15) is 0 Å². The van der Waals surface area contributed by atoms with Crippen LogP contribution in [-0.2, 0) is 9.59 Å². The van der Waals surface area contributed by atoms with Crippen LogP contribution in [0.5, 0.6) is 0 Å². The molecule has 6 heteroatoms. The summed E-state index contributed by atoms with van der Waals surface area (Å²) in [6.45, 7) is 3.50. The summed E-state index contributed by atoms with van der Waals surface area (Å²) in [4.78, 5) is 23.6. The van der Waals surface area contributed by atoms with Crippen molar-refractivity contribution in [3.05, 3.63) is 11.6 Å². The Morgan fingerprint density at radius 3 is 2.54 bits per heavy atom. The molecule has 26 heavy (non-hydrogen) atoms. The van der Waals surface area contributed by atoms with E-state index < -0.39 is 40.1 Å². The fraction of sp³-hybridized carbons (Fsp3) is 0.800. The molecule has 0 aromatic rings. The molecule has 0 heterocycles. The number of fused-ring (bicyclic) bond motifs is 5. The quantitative estimate of drug-likeness (QED) is 0.662. The zero-order chi connectivity index (χ0) is 19.1. The number of ketones is 1. The van der Waals surface area contributed by atoms with E-state index in [1.807, 2.05) is 6.92 Å². The molecule has 0 radical (unpaired) electrons. The van der Waals surface area contributed by atoms with Crippen LogP contribution in [-0.4, -0.2) is 44.4 Å². The Morgan fingerprint density at radius 2 is 1.88 bits per heavy atom. The van der Waals surface area contributed by atoms with E-state index in [9.17, 15) is 24.9 Å². The lowest BCUT2D eigenvalue weighted by Crippen LogP contribution is -2.69. The predicted molar refractivity (Wildman–Crippen MR) is 91.0 cm³/mol. The van der Waals surface area contributed by atoms with Crippen molar-refractivity contribution in [2.75, 3.05) is 0 Å². The van der Waals surface area contributed by atoms with Gasteiger partial charge in [-0.25, -0.2) is 9.18 Å². The second-order valence-electron chi connectivity index (χ2n) is 9.33. The highest BCUT2D eigenvalue weighted by molar-refractivity contribution is 5.91. The van der Waals surface area contributed by atoms with Gasteiger partial charge in [0.2, 0.25) is 0 Å². The number of alkyl halides is 1. The minimum atomic E-state index is -1.93. The summed E-state index contributed by atoms with van der Waals surface area (Å²) in [6, 6.07) is 0. The highest BCUT2D eigenvalue weighted by Gasteiger charge is 2.74. The van der Waals surface area contributed by atoms with Crippen molar-refractivity contribution >= 4 is 11.8 Å². The first-order valence-corrected chi connectivity index (χ1v) is 9.57. The number of halogens is 1. The molecular formula is C20H27FO5. The van der Waals surface area contributed by atoms with Gasteiger partial charge in [0.25, 0.3) is 0 Å². The number of hydrogen-bond acceptors (Lipinski definition) is 4. The first kappa shape index (κ1) is 18.1. The molecule has 3 N–H and O–H groups in total. The largest absolute Gasteiger partial charge is 0.479 e. The molecule has 5 nitrogen and oxygen atoms in total. The SMILES string of the molecule is C[C@]12CCC(=O)C=C1CC[C@H]1[C@@H]3CC[C@](O)(C(=O)O)[C@@]3(C)C[C@H](O)[C@@]12F. The van der Waals surface area contributed by atoms with Crippen LogP contribution < -0.4 is 0 Å². The number of rotatable bonds is 1. The van der Waals surface area contributed by atoms with Crippen LogP contribution in [0.2, 0.25) is 0 Å². The van der Waals surface area contributed by atoms with Crippen molar-refractivity contribution in [3.8, 4) is 0 Å². The number of aliphatic carboxylic acids is 1. The molecule has 0 aromatic heterocycles. The summed E-state index contributed by atoms with van der Waals surface area (Å²) >= 11 is 0. The van der Waals surface area contributed by atoms with Crippen molar-refractivity contribution in [3.63, 3.8) is 0 Å². The number of carbonyl (C=O) groups is 2. The van der Waals surface area contributed by atoms with E-state index in [-0.39, 0.29) is 31.0 Å². The zero-order valence-corrected chi connectivity index (χ0v) is 15.3. The van der Waals surface area contributed by atoms with Gasteiger partial charge in [-0.3, -0.25) is 4.79 Å². The lowest BCUT2D eigenvalue weighted by Gasteiger charge is -2.63. The normalized spacial score (nSPS) is 53.3. The molecular weight excluding hydrogens is 339 g/mol. The van der Waals surface area contributed by atoms with Crippen LogP contribution in [0, 0.1) is 22.7 Å². The molecule has 0 spiro atoms. The smallest absolute Gasteiger partial charge is 0.336 e. The lowest BCUT2D eigenvalue weighted by molar-refractivity contribution is -0.231. The molecule has 0 aliphatic heterocycles. The summed E-state index contributed by atoms with van der Waals surface area (Å²) in [5.41, 5.74) is -5.01. The molecule has 3 saturated carbocycles. The Hall–Kier alpha value is -1.27. The number of carboxylic acid groups (broad SMARTS) is 1. The second kappa shape index (κ2) is 5.16. The first-order chi connectivity index (χ1) is 12.0. The van der Waals surface area contributed by atoms with Crippen LogP contribution >= 0.6 is 0 Å². The van der Waals surface area contributed by atoms with Gasteiger partial charge in [0.15, 0.2) is 11.4 Å². The van der Waals surface area contributed by atoms with Gasteiger partial charge in [-0.1, -0.05) is 19.4 Å². The van der Waals surface area contributed by atoms with Gasteiger partial charge in [-0.05, 0) is 50.5 Å². The molecule has 4 aliphatic carbocycles. The van der Waals surface area contributed by atoms with Gasteiger partial charge < -0.3 is 15.3 Å². The Labute approximate surface area is 152 Å². The monoisotopic (exact) mass is 366 g/mol. The molecule has 3 fully saturated rings. The molecule has 7 atom stereocenters. The van der Waals surface area contributed by atoms with E-state index in [1.165, 1.54) is 0 Å². The van der Waals surface area contributed by atoms with E-state index in [4.69, 9.17) is 0 Å². The summed E-state index contributed by atoms with van der Waals surface area (Å²) < 4.78 is 16.7. The maximum atomic E-state index is 16.7. The number of aliphatic hydroxyl groups excluding tert-OH is 1. The van der Waals surface area contributed by atoms with E-state index in [0.29, 0.717) is 25.7 Å². The maximum Gasteiger partial charge on any atom is 0.336 e. The summed E-state index contributed by atoms with van der Waals surface area (Å²) in [5.74, 6) is -2.09. The number of carboxylic acids is 1. The third-order valence-electron chi connectivity index (χ3n) is 8.55. The van der Waals surface area contributed by atoms with Crippen LogP contribution in [0.15, 0.2) is 11.6 Å². The molecule has 4 rings (SSSR count). The van der Waals surface area contributed by atoms with E-state index in [0.717, 1.165) is 5.57 Å². The van der Waals surface area contributed by atoms with Crippen molar-refractivity contribution in [2.45, 2.75) is 76.2 Å². The Bertz CT molecular complexity index is 719. The maximum absolute atomic E-state index is 16.7.